The fraction of sp³-hybridized carbons (Fsp3) is 0.381. The van der Waals surface area contributed by atoms with Crippen molar-refractivity contribution in [3.8, 4) is 0 Å². The molecule has 0 unspecified atom stereocenters. The number of piperidine rings is 1. The number of benzene rings is 1. The lowest BCUT2D eigenvalue weighted by molar-refractivity contribution is -0.135. The average molecular weight is 393 g/mol. The first kappa shape index (κ1) is 19.0. The first-order valence-electron chi connectivity index (χ1n) is 9.77. The topological polar surface area (TPSA) is 89.7 Å². The highest BCUT2D eigenvalue weighted by atomic mass is 16.5. The van der Waals surface area contributed by atoms with Crippen LogP contribution < -0.4 is 0 Å². The highest BCUT2D eigenvalue weighted by molar-refractivity contribution is 5.88. The first-order valence-corrected chi connectivity index (χ1v) is 9.77. The molecule has 1 aromatic carbocycles. The second-order valence-electron chi connectivity index (χ2n) is 7.32. The number of carbonyl (C=O) groups is 2. The van der Waals surface area contributed by atoms with E-state index in [0.29, 0.717) is 24.8 Å². The molecule has 1 aliphatic heterocycles. The molecule has 0 aliphatic carbocycles. The van der Waals surface area contributed by atoms with E-state index in [9.17, 15) is 9.59 Å². The van der Waals surface area contributed by atoms with E-state index in [2.05, 4.69) is 39.3 Å². The standard InChI is InChI=1S/C21H23N5O3/c1-15-7-10-22-21-23-19(24-26(15)21)20(28)29-14-18(27)25-11-8-17(9-12-25)13-16-5-3-2-4-6-16/h2-7,10,17H,8-9,11-14H2,1H3. The van der Waals surface area contributed by atoms with Gasteiger partial charge >= 0.3 is 5.97 Å². The molecule has 8 nitrogen and oxygen atoms in total. The van der Waals surface area contributed by atoms with E-state index >= 15 is 0 Å². The Morgan fingerprint density at radius 2 is 1.90 bits per heavy atom. The Morgan fingerprint density at radius 3 is 2.62 bits per heavy atom. The average Bonchev–Trinajstić information content (AvgIpc) is 3.19. The van der Waals surface area contributed by atoms with Gasteiger partial charge in [-0.15, -0.1) is 5.10 Å². The molecule has 1 fully saturated rings. The fourth-order valence-corrected chi connectivity index (χ4v) is 3.61. The summed E-state index contributed by atoms with van der Waals surface area (Å²) in [6.45, 7) is 2.90. The third-order valence-electron chi connectivity index (χ3n) is 5.27. The molecule has 4 rings (SSSR count). The van der Waals surface area contributed by atoms with Crippen LogP contribution >= 0.6 is 0 Å². The van der Waals surface area contributed by atoms with E-state index in [4.69, 9.17) is 4.74 Å². The van der Waals surface area contributed by atoms with Crippen molar-refractivity contribution in [3.05, 3.63) is 59.7 Å². The lowest BCUT2D eigenvalue weighted by Gasteiger charge is -2.32. The molecule has 1 aliphatic rings. The largest absolute Gasteiger partial charge is 0.450 e. The van der Waals surface area contributed by atoms with Gasteiger partial charge in [-0.05, 0) is 43.7 Å². The van der Waals surface area contributed by atoms with E-state index in [1.54, 1.807) is 17.2 Å². The molecule has 3 heterocycles. The molecule has 0 N–H and O–H groups in total. The summed E-state index contributed by atoms with van der Waals surface area (Å²) in [5, 5.41) is 4.10. The minimum absolute atomic E-state index is 0.0961. The normalized spacial score (nSPS) is 14.9. The van der Waals surface area contributed by atoms with Crippen molar-refractivity contribution < 1.29 is 14.3 Å². The van der Waals surface area contributed by atoms with Crippen LogP contribution in [0.3, 0.4) is 0 Å². The molecule has 0 spiro atoms. The number of nitrogens with zero attached hydrogens (tertiary/aromatic N) is 5. The summed E-state index contributed by atoms with van der Waals surface area (Å²) in [5.41, 5.74) is 2.13. The molecule has 0 saturated carbocycles. The van der Waals surface area contributed by atoms with Gasteiger partial charge < -0.3 is 9.64 Å². The molecule has 2 aromatic heterocycles. The van der Waals surface area contributed by atoms with Gasteiger partial charge in [-0.1, -0.05) is 30.3 Å². The summed E-state index contributed by atoms with van der Waals surface area (Å²) >= 11 is 0. The van der Waals surface area contributed by atoms with Crippen LogP contribution in [0.1, 0.15) is 34.7 Å². The van der Waals surface area contributed by atoms with Gasteiger partial charge in [0.2, 0.25) is 0 Å². The van der Waals surface area contributed by atoms with Crippen LogP contribution in [0.15, 0.2) is 42.6 Å². The van der Waals surface area contributed by atoms with E-state index < -0.39 is 5.97 Å². The molecule has 0 bridgehead atoms. The summed E-state index contributed by atoms with van der Waals surface area (Å²) in [5.74, 6) is -0.108. The third-order valence-corrected chi connectivity index (χ3v) is 5.27. The highest BCUT2D eigenvalue weighted by Crippen LogP contribution is 2.21. The molecule has 1 saturated heterocycles. The van der Waals surface area contributed by atoms with Crippen molar-refractivity contribution >= 4 is 17.7 Å². The van der Waals surface area contributed by atoms with Gasteiger partial charge in [0.1, 0.15) is 0 Å². The smallest absolute Gasteiger partial charge is 0.378 e. The molecular weight excluding hydrogens is 370 g/mol. The molecule has 29 heavy (non-hydrogen) atoms. The van der Waals surface area contributed by atoms with Crippen LogP contribution in [0.2, 0.25) is 0 Å². The van der Waals surface area contributed by atoms with Crippen molar-refractivity contribution in [3.63, 3.8) is 0 Å². The molecular formula is C21H23N5O3. The minimum atomic E-state index is -0.720. The Morgan fingerprint density at radius 1 is 1.14 bits per heavy atom. The zero-order valence-corrected chi connectivity index (χ0v) is 16.3. The van der Waals surface area contributed by atoms with Crippen molar-refractivity contribution in [1.82, 2.24) is 24.5 Å². The van der Waals surface area contributed by atoms with Crippen LogP contribution in [-0.4, -0.2) is 56.1 Å². The van der Waals surface area contributed by atoms with Gasteiger partial charge in [0.15, 0.2) is 6.61 Å². The number of ether oxygens (including phenoxy) is 1. The van der Waals surface area contributed by atoms with Crippen LogP contribution in [0.5, 0.6) is 0 Å². The predicted octanol–water partition coefficient (Wildman–Crippen LogP) is 2.07. The molecule has 3 aromatic rings. The van der Waals surface area contributed by atoms with E-state index in [1.165, 1.54) is 10.1 Å². The summed E-state index contributed by atoms with van der Waals surface area (Å²) in [7, 11) is 0. The van der Waals surface area contributed by atoms with Gasteiger partial charge in [0, 0.05) is 25.0 Å². The fourth-order valence-electron chi connectivity index (χ4n) is 3.61. The maximum Gasteiger partial charge on any atom is 0.378 e. The number of aryl methyl sites for hydroxylation is 1. The van der Waals surface area contributed by atoms with Crippen molar-refractivity contribution in [2.75, 3.05) is 19.7 Å². The number of fused-ring (bicyclic) bond motifs is 1. The number of hydrogen-bond donors (Lipinski definition) is 0. The van der Waals surface area contributed by atoms with Crippen LogP contribution in [0, 0.1) is 12.8 Å². The number of hydrogen-bond acceptors (Lipinski definition) is 6. The number of rotatable bonds is 5. The summed E-state index contributed by atoms with van der Waals surface area (Å²) < 4.78 is 6.61. The maximum absolute atomic E-state index is 12.4. The van der Waals surface area contributed by atoms with Crippen molar-refractivity contribution in [2.45, 2.75) is 26.2 Å². The number of amides is 1. The number of esters is 1. The highest BCUT2D eigenvalue weighted by Gasteiger charge is 2.24. The maximum atomic E-state index is 12.4. The van der Waals surface area contributed by atoms with Gasteiger partial charge in [-0.2, -0.15) is 4.98 Å². The van der Waals surface area contributed by atoms with Crippen molar-refractivity contribution in [2.24, 2.45) is 5.92 Å². The van der Waals surface area contributed by atoms with E-state index in [-0.39, 0.29) is 18.3 Å². The summed E-state index contributed by atoms with van der Waals surface area (Å²) in [6, 6.07) is 12.2. The molecule has 8 heteroatoms. The molecule has 150 valence electrons. The zero-order chi connectivity index (χ0) is 20.2. The number of carbonyl (C=O) groups excluding carboxylic acids is 2. The summed E-state index contributed by atoms with van der Waals surface area (Å²) in [6.07, 6.45) is 4.53. The Balaban J connectivity index is 1.26. The SMILES string of the molecule is Cc1ccnc2nc(C(=O)OCC(=O)N3CCC(Cc4ccccc4)CC3)nn12. The summed E-state index contributed by atoms with van der Waals surface area (Å²) in [4.78, 5) is 34.5. The Kier molecular flexibility index (Phi) is 5.50. The second-order valence-corrected chi connectivity index (χ2v) is 7.32. The predicted molar refractivity (Wildman–Crippen MR) is 105 cm³/mol. The van der Waals surface area contributed by atoms with Gasteiger partial charge in [-0.3, -0.25) is 4.79 Å². The molecule has 0 radical (unpaired) electrons. The zero-order valence-electron chi connectivity index (χ0n) is 16.3. The molecule has 1 amide bonds. The lowest BCUT2D eigenvalue weighted by Crippen LogP contribution is -2.41. The van der Waals surface area contributed by atoms with E-state index in [1.807, 2.05) is 13.0 Å². The van der Waals surface area contributed by atoms with E-state index in [0.717, 1.165) is 25.0 Å². The quantitative estimate of drug-likeness (QED) is 0.617. The van der Waals surface area contributed by atoms with Crippen LogP contribution in [0.25, 0.3) is 5.78 Å². The Labute approximate surface area is 168 Å². The minimum Gasteiger partial charge on any atom is -0.450 e. The van der Waals surface area contributed by atoms with Crippen molar-refractivity contribution in [1.29, 1.82) is 0 Å². The lowest BCUT2D eigenvalue weighted by atomic mass is 9.90. The van der Waals surface area contributed by atoms with Crippen LogP contribution in [-0.2, 0) is 16.0 Å². The van der Waals surface area contributed by atoms with Gasteiger partial charge in [0.25, 0.3) is 17.5 Å². The van der Waals surface area contributed by atoms with Gasteiger partial charge in [-0.25, -0.2) is 14.3 Å². The van der Waals surface area contributed by atoms with Crippen LogP contribution in [0.4, 0.5) is 0 Å². The second kappa shape index (κ2) is 8.38. The first-order chi connectivity index (χ1) is 14.1. The van der Waals surface area contributed by atoms with Gasteiger partial charge in [0.05, 0.1) is 0 Å². The Bertz CT molecular complexity index is 1010. The molecule has 0 atom stereocenters. The number of aromatic nitrogens is 4. The Hall–Kier alpha value is -3.29. The third kappa shape index (κ3) is 4.42. The monoisotopic (exact) mass is 393 g/mol. The number of likely N-dealkylation sites (tertiary alicyclic amines) is 1.